The maximum atomic E-state index is 12.9. The predicted molar refractivity (Wildman–Crippen MR) is 92.1 cm³/mol. The fraction of sp³-hybridized carbons (Fsp3) is 0.211. The maximum Gasteiger partial charge on any atom is 0.308 e. The van der Waals surface area contributed by atoms with E-state index < -0.39 is 29.6 Å². The highest BCUT2D eigenvalue weighted by Crippen LogP contribution is 2.05. The normalized spacial score (nSPS) is 11.4. The number of carbonyl (C=O) groups excluding carboxylic acids is 3. The molecule has 2 rings (SSSR count). The van der Waals surface area contributed by atoms with E-state index in [4.69, 9.17) is 10.5 Å². The largest absolute Gasteiger partial charge is 0.461 e. The fourth-order valence-electron chi connectivity index (χ4n) is 2.22. The minimum absolute atomic E-state index is 0.0642. The number of esters is 1. The van der Waals surface area contributed by atoms with Gasteiger partial charge in [-0.15, -0.1) is 0 Å². The van der Waals surface area contributed by atoms with Gasteiger partial charge in [0.15, 0.2) is 0 Å². The van der Waals surface area contributed by atoms with Crippen molar-refractivity contribution in [2.24, 2.45) is 5.73 Å². The zero-order chi connectivity index (χ0) is 18.9. The van der Waals surface area contributed by atoms with Crippen LogP contribution in [0.15, 0.2) is 54.6 Å². The van der Waals surface area contributed by atoms with Gasteiger partial charge in [0.2, 0.25) is 11.8 Å². The molecule has 0 bridgehead atoms. The Balaban J connectivity index is 1.85. The van der Waals surface area contributed by atoms with Gasteiger partial charge < -0.3 is 15.8 Å². The Morgan fingerprint density at radius 1 is 1.00 bits per heavy atom. The van der Waals surface area contributed by atoms with Crippen molar-refractivity contribution in [2.75, 3.05) is 0 Å². The summed E-state index contributed by atoms with van der Waals surface area (Å²) >= 11 is 0. The zero-order valence-corrected chi connectivity index (χ0v) is 14.0. The summed E-state index contributed by atoms with van der Waals surface area (Å²) in [6.07, 6.45) is -0.430. The van der Waals surface area contributed by atoms with Gasteiger partial charge in [0.25, 0.3) is 0 Å². The average Bonchev–Trinajstić information content (AvgIpc) is 2.62. The van der Waals surface area contributed by atoms with Gasteiger partial charge in [-0.25, -0.2) is 4.39 Å². The molecule has 0 fully saturated rings. The monoisotopic (exact) mass is 358 g/mol. The van der Waals surface area contributed by atoms with E-state index in [2.05, 4.69) is 5.32 Å². The lowest BCUT2D eigenvalue weighted by Crippen LogP contribution is -2.46. The van der Waals surface area contributed by atoms with Crippen LogP contribution in [0.2, 0.25) is 0 Å². The van der Waals surface area contributed by atoms with E-state index in [0.29, 0.717) is 5.56 Å². The van der Waals surface area contributed by atoms with E-state index in [0.717, 1.165) is 5.56 Å². The molecule has 0 heterocycles. The highest BCUT2D eigenvalue weighted by atomic mass is 19.1. The number of primary amides is 1. The van der Waals surface area contributed by atoms with Crippen LogP contribution in [0.4, 0.5) is 4.39 Å². The Labute approximate surface area is 150 Å². The number of nitrogens with one attached hydrogen (secondary N) is 1. The second kappa shape index (κ2) is 9.31. The second-order valence-electron chi connectivity index (χ2n) is 5.68. The second-order valence-corrected chi connectivity index (χ2v) is 5.68. The zero-order valence-electron chi connectivity index (χ0n) is 14.0. The Hall–Kier alpha value is -3.22. The molecule has 0 unspecified atom stereocenters. The molecule has 0 aromatic heterocycles. The van der Waals surface area contributed by atoms with Crippen molar-refractivity contribution in [2.45, 2.75) is 25.5 Å². The minimum Gasteiger partial charge on any atom is -0.461 e. The molecule has 0 saturated carbocycles. The average molecular weight is 358 g/mol. The molecule has 7 heteroatoms. The number of carbonyl (C=O) groups is 3. The van der Waals surface area contributed by atoms with Crippen LogP contribution in [0.3, 0.4) is 0 Å². The first kappa shape index (κ1) is 19.1. The molecule has 0 radical (unpaired) electrons. The lowest BCUT2D eigenvalue weighted by Gasteiger charge is -2.15. The van der Waals surface area contributed by atoms with Gasteiger partial charge in [-0.05, 0) is 23.3 Å². The van der Waals surface area contributed by atoms with Crippen molar-refractivity contribution in [3.8, 4) is 0 Å². The molecule has 136 valence electrons. The van der Waals surface area contributed by atoms with Crippen LogP contribution >= 0.6 is 0 Å². The maximum absolute atomic E-state index is 12.9. The molecule has 6 nitrogen and oxygen atoms in total. The number of amides is 2. The highest BCUT2D eigenvalue weighted by molar-refractivity contribution is 5.90. The number of hydrogen-bond acceptors (Lipinski definition) is 4. The molecule has 0 aliphatic carbocycles. The van der Waals surface area contributed by atoms with Gasteiger partial charge >= 0.3 is 5.97 Å². The molecule has 0 spiro atoms. The van der Waals surface area contributed by atoms with Crippen molar-refractivity contribution in [3.63, 3.8) is 0 Å². The Morgan fingerprint density at radius 3 is 2.27 bits per heavy atom. The van der Waals surface area contributed by atoms with Gasteiger partial charge in [-0.3, -0.25) is 14.4 Å². The first-order valence-corrected chi connectivity index (χ1v) is 7.96. The van der Waals surface area contributed by atoms with Crippen LogP contribution in [0, 0.1) is 5.82 Å². The molecule has 26 heavy (non-hydrogen) atoms. The van der Waals surface area contributed by atoms with Crippen LogP contribution < -0.4 is 11.1 Å². The summed E-state index contributed by atoms with van der Waals surface area (Å²) in [5, 5.41) is 2.40. The van der Waals surface area contributed by atoms with E-state index in [1.165, 1.54) is 24.3 Å². The first-order valence-electron chi connectivity index (χ1n) is 7.96. The molecular weight excluding hydrogens is 339 g/mol. The summed E-state index contributed by atoms with van der Waals surface area (Å²) < 4.78 is 17.9. The van der Waals surface area contributed by atoms with Gasteiger partial charge in [-0.1, -0.05) is 42.5 Å². The minimum atomic E-state index is -1.17. The summed E-state index contributed by atoms with van der Waals surface area (Å²) in [6.45, 7) is 0.0642. The number of ether oxygens (including phenoxy) is 1. The summed E-state index contributed by atoms with van der Waals surface area (Å²) in [7, 11) is 0. The summed E-state index contributed by atoms with van der Waals surface area (Å²) in [5.74, 6) is -2.41. The van der Waals surface area contributed by atoms with E-state index >= 15 is 0 Å². The number of hydrogen-bond donors (Lipinski definition) is 2. The third-order valence-corrected chi connectivity index (χ3v) is 3.57. The molecule has 1 atom stereocenters. The van der Waals surface area contributed by atoms with Gasteiger partial charge in [0.05, 0.1) is 12.8 Å². The number of nitrogens with two attached hydrogens (primary N) is 1. The molecule has 2 amide bonds. The summed E-state index contributed by atoms with van der Waals surface area (Å²) in [5.41, 5.74) is 6.61. The molecule has 0 aliphatic heterocycles. The summed E-state index contributed by atoms with van der Waals surface area (Å²) in [6, 6.07) is 13.3. The fourth-order valence-corrected chi connectivity index (χ4v) is 2.22. The lowest BCUT2D eigenvalue weighted by molar-refractivity contribution is -0.147. The van der Waals surface area contributed by atoms with Crippen molar-refractivity contribution in [3.05, 3.63) is 71.5 Å². The van der Waals surface area contributed by atoms with E-state index in [9.17, 15) is 18.8 Å². The van der Waals surface area contributed by atoms with Gasteiger partial charge in [-0.2, -0.15) is 0 Å². The quantitative estimate of drug-likeness (QED) is 0.698. The van der Waals surface area contributed by atoms with Crippen LogP contribution in [0.5, 0.6) is 0 Å². The third-order valence-electron chi connectivity index (χ3n) is 3.57. The molecule has 0 saturated heterocycles. The number of halogens is 1. The van der Waals surface area contributed by atoms with Crippen molar-refractivity contribution >= 4 is 17.8 Å². The summed E-state index contributed by atoms with van der Waals surface area (Å²) in [4.78, 5) is 35.4. The van der Waals surface area contributed by atoms with E-state index in [-0.39, 0.29) is 19.4 Å². The smallest absolute Gasteiger partial charge is 0.308 e. The standard InChI is InChI=1S/C19H19FN2O4/c20-15-8-6-13(7-9-15)10-17(23)22-16(19(21)25)11-18(24)26-12-14-4-2-1-3-5-14/h1-9,16H,10-12H2,(H2,21,25)(H,22,23)/t16-/m1/s1. The van der Waals surface area contributed by atoms with E-state index in [1.54, 1.807) is 12.1 Å². The van der Waals surface area contributed by atoms with Crippen molar-refractivity contribution < 1.29 is 23.5 Å². The van der Waals surface area contributed by atoms with Gasteiger partial charge in [0.1, 0.15) is 18.5 Å². The first-order chi connectivity index (χ1) is 12.4. The SMILES string of the molecule is NC(=O)[C@@H](CC(=O)OCc1ccccc1)NC(=O)Cc1ccc(F)cc1. The Kier molecular flexibility index (Phi) is 6.84. The third kappa shape index (κ3) is 6.35. The Morgan fingerprint density at radius 2 is 1.65 bits per heavy atom. The molecule has 2 aromatic carbocycles. The van der Waals surface area contributed by atoms with Gasteiger partial charge in [0, 0.05) is 0 Å². The number of rotatable bonds is 8. The topological polar surface area (TPSA) is 98.5 Å². The lowest BCUT2D eigenvalue weighted by atomic mass is 10.1. The van der Waals surface area contributed by atoms with Crippen molar-refractivity contribution in [1.29, 1.82) is 0 Å². The number of benzene rings is 2. The highest BCUT2D eigenvalue weighted by Gasteiger charge is 2.22. The van der Waals surface area contributed by atoms with Crippen LogP contribution in [-0.2, 0) is 32.1 Å². The van der Waals surface area contributed by atoms with Crippen LogP contribution in [0.1, 0.15) is 17.5 Å². The molecule has 3 N–H and O–H groups in total. The molecule has 2 aromatic rings. The van der Waals surface area contributed by atoms with Crippen LogP contribution in [-0.4, -0.2) is 23.8 Å². The van der Waals surface area contributed by atoms with Crippen molar-refractivity contribution in [1.82, 2.24) is 5.32 Å². The molecule has 0 aliphatic rings. The molecular formula is C19H19FN2O4. The van der Waals surface area contributed by atoms with E-state index in [1.807, 2.05) is 18.2 Å². The predicted octanol–water partition coefficient (Wildman–Crippen LogP) is 1.47. The van der Waals surface area contributed by atoms with Crippen LogP contribution in [0.25, 0.3) is 0 Å². The Bertz CT molecular complexity index is 763.